The molecule has 0 bridgehead atoms. The number of carbonyl (C=O) groups excluding carboxylic acids is 3. The Morgan fingerprint density at radius 2 is 2.00 bits per heavy atom. The molecule has 3 rings (SSSR count). The highest BCUT2D eigenvalue weighted by Gasteiger charge is 2.54. The maximum atomic E-state index is 12.5. The normalized spacial score (nSPS) is 22.1. The van der Waals surface area contributed by atoms with Crippen LogP contribution in [0, 0.1) is 0 Å². The average Bonchev–Trinajstić information content (AvgIpc) is 2.69. The summed E-state index contributed by atoms with van der Waals surface area (Å²) in [5.41, 5.74) is 0.463. The lowest BCUT2D eigenvalue weighted by Gasteiger charge is -2.49. The Kier molecular flexibility index (Phi) is 5.71. The largest absolute Gasteiger partial charge is 0.477 e. The molecular formula is C18H18N2O7S. The van der Waals surface area contributed by atoms with Crippen LogP contribution in [0.15, 0.2) is 41.6 Å². The van der Waals surface area contributed by atoms with E-state index in [2.05, 4.69) is 5.32 Å². The van der Waals surface area contributed by atoms with Crippen LogP contribution >= 0.6 is 11.8 Å². The molecule has 3 atom stereocenters. The molecule has 9 nitrogen and oxygen atoms in total. The van der Waals surface area contributed by atoms with Gasteiger partial charge < -0.3 is 20.3 Å². The maximum absolute atomic E-state index is 12.5. The highest BCUT2D eigenvalue weighted by molar-refractivity contribution is 8.00. The number of carboxylic acids is 1. The Balaban J connectivity index is 1.72. The number of amides is 2. The van der Waals surface area contributed by atoms with Crippen LogP contribution in [0.3, 0.4) is 0 Å². The molecule has 0 radical (unpaired) electrons. The van der Waals surface area contributed by atoms with Crippen molar-refractivity contribution in [2.45, 2.75) is 24.4 Å². The summed E-state index contributed by atoms with van der Waals surface area (Å²) in [6, 6.07) is 7.32. The summed E-state index contributed by atoms with van der Waals surface area (Å²) in [5.74, 6) is -2.97. The van der Waals surface area contributed by atoms with E-state index in [1.165, 1.54) is 18.7 Å². The molecule has 1 aromatic carbocycles. The van der Waals surface area contributed by atoms with Gasteiger partial charge in [-0.25, -0.2) is 4.79 Å². The van der Waals surface area contributed by atoms with Crippen molar-refractivity contribution < 1.29 is 34.1 Å². The van der Waals surface area contributed by atoms with Crippen molar-refractivity contribution in [1.29, 1.82) is 0 Å². The van der Waals surface area contributed by atoms with Gasteiger partial charge in [-0.15, -0.1) is 11.8 Å². The summed E-state index contributed by atoms with van der Waals surface area (Å²) < 4.78 is 4.86. The molecule has 28 heavy (non-hydrogen) atoms. The summed E-state index contributed by atoms with van der Waals surface area (Å²) in [7, 11) is 0. The molecule has 0 saturated carbocycles. The van der Waals surface area contributed by atoms with Crippen LogP contribution in [-0.2, 0) is 23.9 Å². The van der Waals surface area contributed by atoms with Crippen molar-refractivity contribution >= 4 is 35.5 Å². The average molecular weight is 406 g/mol. The second-order valence-electron chi connectivity index (χ2n) is 6.25. The van der Waals surface area contributed by atoms with Crippen molar-refractivity contribution in [2.24, 2.45) is 0 Å². The Bertz CT molecular complexity index is 855. The van der Waals surface area contributed by atoms with Crippen molar-refractivity contribution in [3.63, 3.8) is 0 Å². The Labute approximate surface area is 164 Å². The molecule has 10 heteroatoms. The first-order valence-corrected chi connectivity index (χ1v) is 9.43. The Morgan fingerprint density at radius 3 is 2.61 bits per heavy atom. The summed E-state index contributed by atoms with van der Waals surface area (Å²) >= 11 is 1.25. The number of benzene rings is 1. The van der Waals surface area contributed by atoms with E-state index in [-0.39, 0.29) is 18.1 Å². The van der Waals surface area contributed by atoms with E-state index >= 15 is 0 Å². The highest BCUT2D eigenvalue weighted by atomic mass is 32.2. The zero-order chi connectivity index (χ0) is 20.4. The summed E-state index contributed by atoms with van der Waals surface area (Å²) in [5, 5.41) is 21.5. The summed E-state index contributed by atoms with van der Waals surface area (Å²) in [6.45, 7) is 0.988. The maximum Gasteiger partial charge on any atom is 0.352 e. The lowest BCUT2D eigenvalue weighted by Crippen LogP contribution is -2.71. The predicted molar refractivity (Wildman–Crippen MR) is 97.7 cm³/mol. The molecule has 0 spiro atoms. The van der Waals surface area contributed by atoms with Gasteiger partial charge in [-0.1, -0.05) is 30.3 Å². The molecule has 3 N–H and O–H groups in total. The molecule has 0 aliphatic carbocycles. The zero-order valence-corrected chi connectivity index (χ0v) is 15.6. The molecule has 1 fully saturated rings. The van der Waals surface area contributed by atoms with E-state index in [4.69, 9.17) is 4.74 Å². The number of β-lactam (4-membered cyclic amide) rings is 1. The number of carboxylic acid groups (broad SMARTS) is 1. The molecule has 0 unspecified atom stereocenters. The van der Waals surface area contributed by atoms with Crippen LogP contribution in [0.5, 0.6) is 0 Å². The van der Waals surface area contributed by atoms with Crippen molar-refractivity contribution in [3.05, 3.63) is 47.2 Å². The van der Waals surface area contributed by atoms with E-state index in [1.54, 1.807) is 30.3 Å². The predicted octanol–water partition coefficient (Wildman–Crippen LogP) is 0.0217. The van der Waals surface area contributed by atoms with Gasteiger partial charge >= 0.3 is 11.9 Å². The minimum atomic E-state index is -1.44. The minimum absolute atomic E-state index is 0.218. The number of fused-ring (bicyclic) bond motifs is 1. The molecule has 2 heterocycles. The first kappa shape index (κ1) is 19.9. The van der Waals surface area contributed by atoms with Gasteiger partial charge in [0.2, 0.25) is 0 Å². The Morgan fingerprint density at radius 1 is 1.32 bits per heavy atom. The second kappa shape index (κ2) is 8.03. The lowest BCUT2D eigenvalue weighted by molar-refractivity contribution is -0.152. The molecule has 2 aliphatic rings. The molecule has 148 valence electrons. The van der Waals surface area contributed by atoms with Gasteiger partial charge in [0, 0.05) is 18.2 Å². The number of carbonyl (C=O) groups is 4. The van der Waals surface area contributed by atoms with Gasteiger partial charge in [0.15, 0.2) is 6.10 Å². The minimum Gasteiger partial charge on any atom is -0.477 e. The monoisotopic (exact) mass is 406 g/mol. The van der Waals surface area contributed by atoms with Crippen LogP contribution in [0.2, 0.25) is 0 Å². The third kappa shape index (κ3) is 3.73. The van der Waals surface area contributed by atoms with Crippen LogP contribution in [-0.4, -0.2) is 62.6 Å². The molecule has 1 saturated heterocycles. The molecule has 2 amide bonds. The van der Waals surface area contributed by atoms with E-state index in [0.717, 1.165) is 4.90 Å². The third-order valence-corrected chi connectivity index (χ3v) is 5.70. The number of ether oxygens (including phenoxy) is 1. The van der Waals surface area contributed by atoms with Crippen molar-refractivity contribution in [1.82, 2.24) is 10.2 Å². The van der Waals surface area contributed by atoms with Gasteiger partial charge in [0.05, 0.1) is 0 Å². The smallest absolute Gasteiger partial charge is 0.352 e. The van der Waals surface area contributed by atoms with Crippen LogP contribution < -0.4 is 5.32 Å². The number of nitrogens with one attached hydrogen (secondary N) is 1. The number of thioether (sulfide) groups is 1. The number of esters is 1. The quantitative estimate of drug-likeness (QED) is 0.445. The number of hydrogen-bond donors (Lipinski definition) is 3. The fourth-order valence-electron chi connectivity index (χ4n) is 3.00. The second-order valence-corrected chi connectivity index (χ2v) is 7.35. The van der Waals surface area contributed by atoms with Gasteiger partial charge in [0.25, 0.3) is 11.8 Å². The van der Waals surface area contributed by atoms with E-state index in [9.17, 15) is 29.4 Å². The van der Waals surface area contributed by atoms with E-state index in [1.807, 2.05) is 0 Å². The SMILES string of the molecule is CC(=O)OCC1=C(C(=O)O)N2C(=O)[C@@H](NC(=O)[C@H](O)c3ccccc3)[C@H]2SC1. The number of aliphatic carboxylic acids is 1. The fraction of sp³-hybridized carbons (Fsp3) is 0.333. The fourth-order valence-corrected chi connectivity index (χ4v) is 4.33. The van der Waals surface area contributed by atoms with Gasteiger partial charge in [-0.3, -0.25) is 19.3 Å². The van der Waals surface area contributed by atoms with Crippen LogP contribution in [0.25, 0.3) is 0 Å². The number of hydrogen-bond acceptors (Lipinski definition) is 7. The van der Waals surface area contributed by atoms with Gasteiger partial charge in [-0.2, -0.15) is 0 Å². The first-order chi connectivity index (χ1) is 13.3. The van der Waals surface area contributed by atoms with Crippen molar-refractivity contribution in [2.75, 3.05) is 12.4 Å². The van der Waals surface area contributed by atoms with Crippen LogP contribution in [0.4, 0.5) is 0 Å². The highest BCUT2D eigenvalue weighted by Crippen LogP contribution is 2.40. The van der Waals surface area contributed by atoms with E-state index in [0.29, 0.717) is 11.1 Å². The van der Waals surface area contributed by atoms with Gasteiger partial charge in [0.1, 0.15) is 23.7 Å². The number of aliphatic hydroxyl groups excluding tert-OH is 1. The number of aliphatic hydroxyl groups is 1. The number of rotatable bonds is 6. The van der Waals surface area contributed by atoms with E-state index < -0.39 is 41.3 Å². The summed E-state index contributed by atoms with van der Waals surface area (Å²) in [6.07, 6.45) is -1.44. The molecule has 2 aliphatic heterocycles. The number of nitrogens with zero attached hydrogens (tertiary/aromatic N) is 1. The Hall–Kier alpha value is -2.85. The van der Waals surface area contributed by atoms with Crippen LogP contribution in [0.1, 0.15) is 18.6 Å². The molecular weight excluding hydrogens is 388 g/mol. The zero-order valence-electron chi connectivity index (χ0n) is 14.8. The third-order valence-electron chi connectivity index (χ3n) is 4.36. The van der Waals surface area contributed by atoms with Gasteiger partial charge in [-0.05, 0) is 5.56 Å². The molecule has 1 aromatic rings. The van der Waals surface area contributed by atoms with Crippen molar-refractivity contribution in [3.8, 4) is 0 Å². The summed E-state index contributed by atoms with van der Waals surface area (Å²) in [4.78, 5) is 48.5. The first-order valence-electron chi connectivity index (χ1n) is 8.38. The molecule has 0 aromatic heterocycles. The standard InChI is InChI=1S/C18H18N2O7S/c1-9(21)27-7-11-8-28-17-12(16(24)20(17)13(11)18(25)26)19-15(23)14(22)10-5-3-2-4-6-10/h2-6,12,14,17,22H,7-8H2,1H3,(H,19,23)(H,25,26)/t12-,14-,17-/m1/s1. The lowest BCUT2D eigenvalue weighted by atomic mass is 10.0. The topological polar surface area (TPSA) is 133 Å².